The lowest BCUT2D eigenvalue weighted by Gasteiger charge is -2.04. The van der Waals surface area contributed by atoms with E-state index < -0.39 is 11.8 Å². The number of carbonyl (C=O) groups excluding carboxylic acids is 2. The summed E-state index contributed by atoms with van der Waals surface area (Å²) in [5, 5.41) is 2.62. The molecule has 0 radical (unpaired) electrons. The summed E-state index contributed by atoms with van der Waals surface area (Å²) in [5.41, 5.74) is 6.52. The van der Waals surface area contributed by atoms with Crippen molar-refractivity contribution in [2.75, 3.05) is 5.32 Å². The quantitative estimate of drug-likeness (QED) is 0.860. The minimum atomic E-state index is -0.584. The van der Waals surface area contributed by atoms with E-state index in [4.69, 9.17) is 5.73 Å². The Labute approximate surface area is 109 Å². The van der Waals surface area contributed by atoms with Crippen LogP contribution in [-0.4, -0.2) is 21.8 Å². The molecule has 0 bridgehead atoms. The molecule has 6 heteroatoms. The van der Waals surface area contributed by atoms with Gasteiger partial charge in [0.05, 0.1) is 5.56 Å². The van der Waals surface area contributed by atoms with Crippen LogP contribution < -0.4 is 11.1 Å². The van der Waals surface area contributed by atoms with E-state index in [1.807, 2.05) is 13.0 Å². The minimum absolute atomic E-state index is 0.188. The van der Waals surface area contributed by atoms with Gasteiger partial charge in [-0.05, 0) is 36.8 Å². The fraction of sp³-hybridized carbons (Fsp3) is 0.0769. The van der Waals surface area contributed by atoms with Gasteiger partial charge in [-0.2, -0.15) is 0 Å². The van der Waals surface area contributed by atoms with Gasteiger partial charge >= 0.3 is 0 Å². The zero-order valence-electron chi connectivity index (χ0n) is 10.3. The number of nitrogens with one attached hydrogen (secondary N) is 1. The Bertz CT molecular complexity index is 623. The van der Waals surface area contributed by atoms with E-state index >= 15 is 0 Å². The molecule has 0 spiro atoms. The van der Waals surface area contributed by atoms with Crippen molar-refractivity contribution in [1.82, 2.24) is 9.97 Å². The monoisotopic (exact) mass is 256 g/mol. The molecule has 0 aliphatic carbocycles. The van der Waals surface area contributed by atoms with Crippen LogP contribution >= 0.6 is 0 Å². The Kier molecular flexibility index (Phi) is 3.51. The molecule has 0 saturated carbocycles. The van der Waals surface area contributed by atoms with Crippen LogP contribution in [0.2, 0.25) is 0 Å². The lowest BCUT2D eigenvalue weighted by molar-refractivity contribution is 0.0993. The summed E-state index contributed by atoms with van der Waals surface area (Å²) in [4.78, 5) is 30.7. The van der Waals surface area contributed by atoms with Gasteiger partial charge in [-0.25, -0.2) is 4.98 Å². The van der Waals surface area contributed by atoms with E-state index in [1.165, 1.54) is 18.3 Å². The maximum atomic E-state index is 11.9. The number of hydrogen-bond acceptors (Lipinski definition) is 4. The number of anilines is 1. The van der Waals surface area contributed by atoms with Gasteiger partial charge < -0.3 is 11.1 Å². The molecule has 6 nitrogen and oxygen atoms in total. The number of rotatable bonds is 3. The lowest BCUT2D eigenvalue weighted by Crippen LogP contribution is -2.16. The largest absolute Gasteiger partial charge is 0.366 e. The highest BCUT2D eigenvalue weighted by Crippen LogP contribution is 2.07. The molecule has 0 aliphatic heterocycles. The van der Waals surface area contributed by atoms with Crippen molar-refractivity contribution in [3.8, 4) is 0 Å². The molecule has 0 aromatic carbocycles. The van der Waals surface area contributed by atoms with Crippen molar-refractivity contribution in [3.63, 3.8) is 0 Å². The first-order chi connectivity index (χ1) is 9.06. The number of amides is 2. The van der Waals surface area contributed by atoms with E-state index in [1.54, 1.807) is 12.3 Å². The van der Waals surface area contributed by atoms with Crippen LogP contribution in [-0.2, 0) is 0 Å². The van der Waals surface area contributed by atoms with Gasteiger partial charge in [0.1, 0.15) is 11.5 Å². The smallest absolute Gasteiger partial charge is 0.275 e. The Morgan fingerprint density at radius 2 is 2.00 bits per heavy atom. The minimum Gasteiger partial charge on any atom is -0.366 e. The van der Waals surface area contributed by atoms with Crippen LogP contribution in [0.5, 0.6) is 0 Å². The summed E-state index contributed by atoms with van der Waals surface area (Å²) in [7, 11) is 0. The first kappa shape index (κ1) is 12.7. The average Bonchev–Trinajstić information content (AvgIpc) is 2.39. The topological polar surface area (TPSA) is 98.0 Å². The fourth-order valence-corrected chi connectivity index (χ4v) is 1.46. The van der Waals surface area contributed by atoms with Gasteiger partial charge in [0.2, 0.25) is 5.91 Å². The number of nitrogens with zero attached hydrogens (tertiary/aromatic N) is 2. The van der Waals surface area contributed by atoms with Gasteiger partial charge in [-0.1, -0.05) is 0 Å². The molecule has 2 rings (SSSR count). The molecule has 2 aromatic heterocycles. The van der Waals surface area contributed by atoms with E-state index in [9.17, 15) is 9.59 Å². The van der Waals surface area contributed by atoms with Crippen LogP contribution in [0, 0.1) is 6.92 Å². The SMILES string of the molecule is Cc1ccnc(NC(=O)c2ccc(C(N)=O)cn2)c1. The second kappa shape index (κ2) is 5.26. The summed E-state index contributed by atoms with van der Waals surface area (Å²) < 4.78 is 0. The number of nitrogens with two attached hydrogens (primary N) is 1. The van der Waals surface area contributed by atoms with Crippen molar-refractivity contribution < 1.29 is 9.59 Å². The van der Waals surface area contributed by atoms with Crippen molar-refractivity contribution in [2.45, 2.75) is 6.92 Å². The highest BCUT2D eigenvalue weighted by Gasteiger charge is 2.09. The number of primary amides is 1. The molecule has 3 N–H and O–H groups in total. The van der Waals surface area contributed by atoms with Gasteiger partial charge in [-0.15, -0.1) is 0 Å². The van der Waals surface area contributed by atoms with Crippen LogP contribution in [0.25, 0.3) is 0 Å². The van der Waals surface area contributed by atoms with Crippen molar-refractivity contribution in [1.29, 1.82) is 0 Å². The van der Waals surface area contributed by atoms with Crippen molar-refractivity contribution in [3.05, 3.63) is 53.5 Å². The third-order valence-corrected chi connectivity index (χ3v) is 2.44. The summed E-state index contributed by atoms with van der Waals surface area (Å²) in [6, 6.07) is 6.46. The summed E-state index contributed by atoms with van der Waals surface area (Å²) >= 11 is 0. The second-order valence-corrected chi connectivity index (χ2v) is 3.97. The molecule has 0 aliphatic rings. The molecule has 2 aromatic rings. The Morgan fingerprint density at radius 3 is 2.58 bits per heavy atom. The van der Waals surface area contributed by atoms with E-state index in [-0.39, 0.29) is 11.3 Å². The molecule has 2 amide bonds. The Hall–Kier alpha value is -2.76. The maximum Gasteiger partial charge on any atom is 0.275 e. The zero-order chi connectivity index (χ0) is 13.8. The average molecular weight is 256 g/mol. The lowest BCUT2D eigenvalue weighted by atomic mass is 10.2. The Morgan fingerprint density at radius 1 is 1.21 bits per heavy atom. The number of carbonyl (C=O) groups is 2. The molecule has 0 saturated heterocycles. The molecule has 96 valence electrons. The number of pyridine rings is 2. The number of aromatic nitrogens is 2. The van der Waals surface area contributed by atoms with E-state index in [0.29, 0.717) is 5.82 Å². The first-order valence-electron chi connectivity index (χ1n) is 5.56. The first-order valence-corrected chi connectivity index (χ1v) is 5.56. The Balaban J connectivity index is 2.14. The van der Waals surface area contributed by atoms with E-state index in [2.05, 4.69) is 15.3 Å². The molecule has 0 atom stereocenters. The van der Waals surface area contributed by atoms with E-state index in [0.717, 1.165) is 5.56 Å². The normalized spacial score (nSPS) is 9.95. The third kappa shape index (κ3) is 3.12. The maximum absolute atomic E-state index is 11.9. The zero-order valence-corrected chi connectivity index (χ0v) is 10.3. The van der Waals surface area contributed by atoms with Crippen LogP contribution in [0.4, 0.5) is 5.82 Å². The van der Waals surface area contributed by atoms with Gasteiger partial charge in [-0.3, -0.25) is 14.6 Å². The summed E-state index contributed by atoms with van der Waals surface area (Å²) in [5.74, 6) is -0.528. The van der Waals surface area contributed by atoms with Crippen molar-refractivity contribution >= 4 is 17.6 Å². The standard InChI is InChI=1S/C13H12N4O2/c1-8-4-5-15-11(6-8)17-13(19)10-3-2-9(7-16-10)12(14)18/h2-7H,1H3,(H2,14,18)(H,15,17,19). The predicted molar refractivity (Wildman–Crippen MR) is 69.7 cm³/mol. The molecule has 2 heterocycles. The summed E-state index contributed by atoms with van der Waals surface area (Å²) in [6.45, 7) is 1.90. The predicted octanol–water partition coefficient (Wildman–Crippen LogP) is 1.14. The fourth-order valence-electron chi connectivity index (χ4n) is 1.46. The molecule has 0 fully saturated rings. The van der Waals surface area contributed by atoms with Crippen LogP contribution in [0.1, 0.15) is 26.4 Å². The number of aryl methyl sites for hydroxylation is 1. The second-order valence-electron chi connectivity index (χ2n) is 3.97. The highest BCUT2D eigenvalue weighted by molar-refractivity contribution is 6.02. The molecule has 0 unspecified atom stereocenters. The third-order valence-electron chi connectivity index (χ3n) is 2.44. The molecular formula is C13H12N4O2. The highest BCUT2D eigenvalue weighted by atomic mass is 16.2. The van der Waals surface area contributed by atoms with Gasteiger partial charge in [0.15, 0.2) is 0 Å². The molecular weight excluding hydrogens is 244 g/mol. The van der Waals surface area contributed by atoms with Crippen molar-refractivity contribution in [2.24, 2.45) is 5.73 Å². The van der Waals surface area contributed by atoms with Crippen LogP contribution in [0.15, 0.2) is 36.7 Å². The van der Waals surface area contributed by atoms with Gasteiger partial charge in [0, 0.05) is 12.4 Å². The number of hydrogen-bond donors (Lipinski definition) is 2. The summed E-state index contributed by atoms with van der Waals surface area (Å²) in [6.07, 6.45) is 2.87. The molecule has 19 heavy (non-hydrogen) atoms. The van der Waals surface area contributed by atoms with Crippen LogP contribution in [0.3, 0.4) is 0 Å². The van der Waals surface area contributed by atoms with Gasteiger partial charge in [0.25, 0.3) is 5.91 Å².